The number of nitrogens with one attached hydrogen (secondary N) is 2. The van der Waals surface area contributed by atoms with Crippen molar-refractivity contribution in [2.75, 3.05) is 30.4 Å². The molecule has 0 saturated heterocycles. The fourth-order valence-electron chi connectivity index (χ4n) is 3.03. The number of unbranched alkanes of at least 4 members (excludes halogenated alkanes) is 4. The fourth-order valence-corrected chi connectivity index (χ4v) is 3.03. The van der Waals surface area contributed by atoms with Gasteiger partial charge in [0.15, 0.2) is 0 Å². The monoisotopic (exact) mass is 426 g/mol. The highest BCUT2D eigenvalue weighted by Gasteiger charge is 2.05. The van der Waals surface area contributed by atoms with E-state index in [4.69, 9.17) is 9.47 Å². The van der Waals surface area contributed by atoms with Crippen LogP contribution in [-0.4, -0.2) is 25.7 Å². The largest absolute Gasteiger partial charge is 0.494 e. The van der Waals surface area contributed by atoms with Crippen LogP contribution in [0.4, 0.5) is 11.4 Å². The van der Waals surface area contributed by atoms with Gasteiger partial charge < -0.3 is 20.1 Å². The Morgan fingerprint density at radius 2 is 1.61 bits per heavy atom. The summed E-state index contributed by atoms with van der Waals surface area (Å²) >= 11 is 0. The highest BCUT2D eigenvalue weighted by atomic mass is 16.5. The Hall–Kier alpha value is -2.69. The van der Waals surface area contributed by atoms with Crippen molar-refractivity contribution < 1.29 is 14.3 Å². The van der Waals surface area contributed by atoms with Crippen molar-refractivity contribution in [2.45, 2.75) is 59.3 Å². The summed E-state index contributed by atoms with van der Waals surface area (Å²) in [6, 6.07) is 15.2. The van der Waals surface area contributed by atoms with E-state index in [1.165, 1.54) is 25.7 Å². The van der Waals surface area contributed by atoms with Crippen LogP contribution in [0.5, 0.6) is 11.5 Å². The Balaban J connectivity index is 1.69. The maximum Gasteiger partial charge on any atom is 0.243 e. The zero-order chi connectivity index (χ0) is 22.3. The first-order valence-electron chi connectivity index (χ1n) is 11.6. The molecule has 0 aromatic heterocycles. The van der Waals surface area contributed by atoms with Crippen molar-refractivity contribution in [2.24, 2.45) is 5.92 Å². The summed E-state index contributed by atoms with van der Waals surface area (Å²) in [5.74, 6) is 2.13. The molecule has 170 valence electrons. The van der Waals surface area contributed by atoms with Crippen LogP contribution in [0.15, 0.2) is 48.5 Å². The summed E-state index contributed by atoms with van der Waals surface area (Å²) in [6.45, 7) is 8.18. The minimum Gasteiger partial charge on any atom is -0.494 e. The number of carbonyl (C=O) groups is 1. The number of carbonyl (C=O) groups excluding carboxylic acids is 1. The second kappa shape index (κ2) is 14.3. The third-order valence-corrected chi connectivity index (χ3v) is 4.91. The second-order valence-electron chi connectivity index (χ2n) is 8.25. The third kappa shape index (κ3) is 10.8. The maximum absolute atomic E-state index is 12.3. The van der Waals surface area contributed by atoms with Crippen molar-refractivity contribution in [1.82, 2.24) is 0 Å². The van der Waals surface area contributed by atoms with Crippen LogP contribution in [0.3, 0.4) is 0 Å². The molecule has 0 unspecified atom stereocenters. The van der Waals surface area contributed by atoms with Gasteiger partial charge in [0.05, 0.1) is 19.8 Å². The van der Waals surface area contributed by atoms with Crippen LogP contribution in [0.1, 0.15) is 59.3 Å². The summed E-state index contributed by atoms with van der Waals surface area (Å²) in [6.07, 6.45) is 7.14. The lowest BCUT2D eigenvalue weighted by atomic mass is 10.1. The molecular formula is C26H38N2O3. The zero-order valence-corrected chi connectivity index (χ0v) is 19.3. The minimum atomic E-state index is -0.105. The minimum absolute atomic E-state index is 0.105. The van der Waals surface area contributed by atoms with E-state index in [9.17, 15) is 4.79 Å². The van der Waals surface area contributed by atoms with E-state index in [1.807, 2.05) is 48.5 Å². The lowest BCUT2D eigenvalue weighted by Crippen LogP contribution is -2.21. The van der Waals surface area contributed by atoms with Gasteiger partial charge in [-0.05, 0) is 55.2 Å². The van der Waals surface area contributed by atoms with E-state index in [0.717, 1.165) is 42.3 Å². The first-order chi connectivity index (χ1) is 15.1. The Morgan fingerprint density at radius 3 is 2.35 bits per heavy atom. The van der Waals surface area contributed by atoms with Gasteiger partial charge in [-0.2, -0.15) is 0 Å². The van der Waals surface area contributed by atoms with Gasteiger partial charge in [0.25, 0.3) is 0 Å². The molecule has 0 aliphatic carbocycles. The molecule has 31 heavy (non-hydrogen) atoms. The predicted octanol–water partition coefficient (Wildman–Crippen LogP) is 6.51. The summed E-state index contributed by atoms with van der Waals surface area (Å²) in [7, 11) is 0. The number of amides is 1. The molecule has 0 aliphatic heterocycles. The molecule has 2 aromatic rings. The molecule has 0 spiro atoms. The van der Waals surface area contributed by atoms with Gasteiger partial charge in [0, 0.05) is 17.4 Å². The maximum atomic E-state index is 12.3. The highest BCUT2D eigenvalue weighted by molar-refractivity contribution is 5.93. The standard InChI is InChI=1S/C26H38N2O3/c1-4-5-6-7-8-17-30-24-14-12-22(13-15-24)27-20-26(29)28-23-10-9-11-25(19-23)31-18-16-21(2)3/h9-15,19,21,27H,4-8,16-18,20H2,1-3H3,(H,28,29). The van der Waals surface area contributed by atoms with E-state index in [0.29, 0.717) is 12.5 Å². The van der Waals surface area contributed by atoms with Crippen molar-refractivity contribution in [3.63, 3.8) is 0 Å². The van der Waals surface area contributed by atoms with Crippen molar-refractivity contribution in [3.05, 3.63) is 48.5 Å². The molecule has 2 aromatic carbocycles. The molecule has 5 nitrogen and oxygen atoms in total. The highest BCUT2D eigenvalue weighted by Crippen LogP contribution is 2.19. The number of ether oxygens (including phenoxy) is 2. The molecule has 0 radical (unpaired) electrons. The number of anilines is 2. The Labute approximate surface area is 187 Å². The first kappa shape index (κ1) is 24.6. The lowest BCUT2D eigenvalue weighted by Gasteiger charge is -2.11. The predicted molar refractivity (Wildman–Crippen MR) is 129 cm³/mol. The zero-order valence-electron chi connectivity index (χ0n) is 19.3. The second-order valence-corrected chi connectivity index (χ2v) is 8.25. The first-order valence-corrected chi connectivity index (χ1v) is 11.6. The van der Waals surface area contributed by atoms with Crippen molar-refractivity contribution in [3.8, 4) is 11.5 Å². The van der Waals surface area contributed by atoms with Gasteiger partial charge in [0.2, 0.25) is 5.91 Å². The van der Waals surface area contributed by atoms with Gasteiger partial charge in [-0.3, -0.25) is 4.79 Å². The van der Waals surface area contributed by atoms with E-state index < -0.39 is 0 Å². The average molecular weight is 427 g/mol. The molecule has 5 heteroatoms. The molecular weight excluding hydrogens is 388 g/mol. The van der Waals surface area contributed by atoms with E-state index in [2.05, 4.69) is 31.4 Å². The van der Waals surface area contributed by atoms with Crippen LogP contribution in [0.2, 0.25) is 0 Å². The number of hydrogen-bond acceptors (Lipinski definition) is 4. The number of hydrogen-bond donors (Lipinski definition) is 2. The van der Waals surface area contributed by atoms with Gasteiger partial charge in [-0.25, -0.2) is 0 Å². The number of rotatable bonds is 15. The fraction of sp³-hybridized carbons (Fsp3) is 0.500. The van der Waals surface area contributed by atoms with Crippen LogP contribution >= 0.6 is 0 Å². The molecule has 2 rings (SSSR count). The van der Waals surface area contributed by atoms with Gasteiger partial charge in [0.1, 0.15) is 11.5 Å². The SMILES string of the molecule is CCCCCCCOc1ccc(NCC(=O)Nc2cccc(OCCC(C)C)c2)cc1. The lowest BCUT2D eigenvalue weighted by molar-refractivity contribution is -0.114. The molecule has 0 atom stereocenters. The van der Waals surface area contributed by atoms with Crippen molar-refractivity contribution in [1.29, 1.82) is 0 Å². The molecule has 1 amide bonds. The van der Waals surface area contributed by atoms with Crippen LogP contribution < -0.4 is 20.1 Å². The number of benzene rings is 2. The summed E-state index contributed by atoms with van der Waals surface area (Å²) in [5, 5.41) is 6.05. The summed E-state index contributed by atoms with van der Waals surface area (Å²) in [4.78, 5) is 12.3. The molecule has 0 bridgehead atoms. The molecule has 2 N–H and O–H groups in total. The van der Waals surface area contributed by atoms with Crippen LogP contribution in [0, 0.1) is 5.92 Å². The summed E-state index contributed by atoms with van der Waals surface area (Å²) in [5.41, 5.74) is 1.62. The Morgan fingerprint density at radius 1 is 0.871 bits per heavy atom. The average Bonchev–Trinajstić information content (AvgIpc) is 2.75. The van der Waals surface area contributed by atoms with Crippen LogP contribution in [-0.2, 0) is 4.79 Å². The van der Waals surface area contributed by atoms with E-state index in [1.54, 1.807) is 0 Å². The molecule has 0 aliphatic rings. The van der Waals surface area contributed by atoms with Crippen LogP contribution in [0.25, 0.3) is 0 Å². The van der Waals surface area contributed by atoms with Gasteiger partial charge in [-0.1, -0.05) is 52.5 Å². The third-order valence-electron chi connectivity index (χ3n) is 4.91. The molecule has 0 fully saturated rings. The smallest absolute Gasteiger partial charge is 0.243 e. The van der Waals surface area contributed by atoms with E-state index >= 15 is 0 Å². The topological polar surface area (TPSA) is 59.6 Å². The van der Waals surface area contributed by atoms with Gasteiger partial charge in [-0.15, -0.1) is 0 Å². The van der Waals surface area contributed by atoms with Crippen molar-refractivity contribution >= 4 is 17.3 Å². The quantitative estimate of drug-likeness (QED) is 0.319. The Bertz CT molecular complexity index is 760. The van der Waals surface area contributed by atoms with E-state index in [-0.39, 0.29) is 12.5 Å². The molecule has 0 saturated carbocycles. The Kier molecular flexibility index (Phi) is 11.4. The van der Waals surface area contributed by atoms with Gasteiger partial charge >= 0.3 is 0 Å². The normalized spacial score (nSPS) is 10.7. The summed E-state index contributed by atoms with van der Waals surface area (Å²) < 4.78 is 11.5. The molecule has 0 heterocycles.